The Morgan fingerprint density at radius 1 is 1.60 bits per heavy atom. The SMILES string of the molecule is COC(=O)C(C)N1CCC(N)C(C)(C)C1. The van der Waals surface area contributed by atoms with E-state index in [-0.39, 0.29) is 23.5 Å². The van der Waals surface area contributed by atoms with Gasteiger partial charge < -0.3 is 10.5 Å². The predicted molar refractivity (Wildman–Crippen MR) is 59.4 cm³/mol. The van der Waals surface area contributed by atoms with Crippen LogP contribution in [-0.2, 0) is 9.53 Å². The number of likely N-dealkylation sites (tertiary alicyclic amines) is 1. The van der Waals surface area contributed by atoms with Crippen LogP contribution in [0.15, 0.2) is 0 Å². The van der Waals surface area contributed by atoms with Gasteiger partial charge in [-0.15, -0.1) is 0 Å². The van der Waals surface area contributed by atoms with E-state index in [2.05, 4.69) is 18.7 Å². The van der Waals surface area contributed by atoms with Crippen molar-refractivity contribution in [3.05, 3.63) is 0 Å². The topological polar surface area (TPSA) is 55.6 Å². The molecule has 0 amide bonds. The number of ether oxygens (including phenoxy) is 1. The van der Waals surface area contributed by atoms with Crippen LogP contribution in [0.5, 0.6) is 0 Å². The Labute approximate surface area is 91.8 Å². The van der Waals surface area contributed by atoms with Crippen molar-refractivity contribution in [1.82, 2.24) is 4.90 Å². The number of carbonyl (C=O) groups is 1. The van der Waals surface area contributed by atoms with Gasteiger partial charge >= 0.3 is 5.97 Å². The Hall–Kier alpha value is -0.610. The van der Waals surface area contributed by atoms with E-state index in [4.69, 9.17) is 10.5 Å². The van der Waals surface area contributed by atoms with Crippen molar-refractivity contribution in [2.24, 2.45) is 11.1 Å². The monoisotopic (exact) mass is 214 g/mol. The minimum atomic E-state index is -0.165. The minimum Gasteiger partial charge on any atom is -0.468 e. The maximum absolute atomic E-state index is 11.4. The predicted octanol–water partition coefficient (Wildman–Crippen LogP) is 0.607. The fraction of sp³-hybridized carbons (Fsp3) is 0.909. The van der Waals surface area contributed by atoms with Crippen LogP contribution in [0.4, 0.5) is 0 Å². The molecule has 0 bridgehead atoms. The summed E-state index contributed by atoms with van der Waals surface area (Å²) in [6, 6.07) is 0.0559. The first kappa shape index (κ1) is 12.5. The Kier molecular flexibility index (Phi) is 3.73. The molecule has 1 aliphatic rings. The van der Waals surface area contributed by atoms with Gasteiger partial charge in [0.15, 0.2) is 0 Å². The summed E-state index contributed by atoms with van der Waals surface area (Å²) in [6.07, 6.45) is 0.939. The van der Waals surface area contributed by atoms with Gasteiger partial charge in [0.1, 0.15) is 6.04 Å². The highest BCUT2D eigenvalue weighted by Crippen LogP contribution is 2.28. The van der Waals surface area contributed by atoms with Crippen molar-refractivity contribution in [3.8, 4) is 0 Å². The molecule has 2 unspecified atom stereocenters. The van der Waals surface area contributed by atoms with Gasteiger partial charge in [0, 0.05) is 19.1 Å². The highest BCUT2D eigenvalue weighted by Gasteiger charge is 2.36. The van der Waals surface area contributed by atoms with Crippen molar-refractivity contribution in [2.75, 3.05) is 20.2 Å². The molecule has 4 nitrogen and oxygen atoms in total. The zero-order valence-electron chi connectivity index (χ0n) is 10.1. The summed E-state index contributed by atoms with van der Waals surface area (Å²) in [5.74, 6) is -0.165. The molecule has 1 heterocycles. The fourth-order valence-electron chi connectivity index (χ4n) is 2.07. The summed E-state index contributed by atoms with van der Waals surface area (Å²) in [4.78, 5) is 13.6. The molecular weight excluding hydrogens is 192 g/mol. The fourth-order valence-corrected chi connectivity index (χ4v) is 2.07. The lowest BCUT2D eigenvalue weighted by atomic mass is 9.79. The number of rotatable bonds is 2. The summed E-state index contributed by atoms with van der Waals surface area (Å²) in [7, 11) is 1.43. The average Bonchev–Trinajstić information content (AvgIpc) is 2.19. The van der Waals surface area contributed by atoms with Crippen LogP contribution in [0.2, 0.25) is 0 Å². The molecule has 0 aliphatic carbocycles. The van der Waals surface area contributed by atoms with Crippen LogP contribution >= 0.6 is 0 Å². The molecule has 1 saturated heterocycles. The molecule has 0 spiro atoms. The third-order valence-corrected chi connectivity index (χ3v) is 3.43. The highest BCUT2D eigenvalue weighted by molar-refractivity contribution is 5.75. The molecule has 1 aliphatic heterocycles. The first-order valence-corrected chi connectivity index (χ1v) is 5.46. The first-order chi connectivity index (χ1) is 6.88. The number of nitrogens with two attached hydrogens (primary N) is 1. The summed E-state index contributed by atoms with van der Waals surface area (Å²) >= 11 is 0. The van der Waals surface area contributed by atoms with Crippen LogP contribution < -0.4 is 5.73 Å². The van der Waals surface area contributed by atoms with Gasteiger partial charge in [-0.3, -0.25) is 9.69 Å². The van der Waals surface area contributed by atoms with Gasteiger partial charge in [-0.25, -0.2) is 0 Å². The third-order valence-electron chi connectivity index (χ3n) is 3.43. The second-order valence-electron chi connectivity index (χ2n) is 5.05. The second-order valence-corrected chi connectivity index (χ2v) is 5.05. The summed E-state index contributed by atoms with van der Waals surface area (Å²) in [5.41, 5.74) is 6.11. The third kappa shape index (κ3) is 2.69. The molecule has 1 rings (SSSR count). The molecule has 88 valence electrons. The largest absolute Gasteiger partial charge is 0.468 e. The van der Waals surface area contributed by atoms with Crippen LogP contribution in [0, 0.1) is 5.41 Å². The van der Waals surface area contributed by atoms with Gasteiger partial charge in [0.05, 0.1) is 7.11 Å². The van der Waals surface area contributed by atoms with E-state index in [1.165, 1.54) is 7.11 Å². The highest BCUT2D eigenvalue weighted by atomic mass is 16.5. The van der Waals surface area contributed by atoms with E-state index in [0.29, 0.717) is 0 Å². The summed E-state index contributed by atoms with van der Waals surface area (Å²) in [5, 5.41) is 0. The van der Waals surface area contributed by atoms with Crippen LogP contribution in [0.3, 0.4) is 0 Å². The number of piperidine rings is 1. The van der Waals surface area contributed by atoms with Gasteiger partial charge in [-0.1, -0.05) is 13.8 Å². The van der Waals surface area contributed by atoms with Crippen molar-refractivity contribution in [2.45, 2.75) is 39.3 Å². The molecular formula is C11H22N2O2. The molecule has 4 heteroatoms. The molecule has 2 N–H and O–H groups in total. The van der Waals surface area contributed by atoms with E-state index in [1.807, 2.05) is 6.92 Å². The molecule has 2 atom stereocenters. The Balaban J connectivity index is 2.63. The van der Waals surface area contributed by atoms with Crippen molar-refractivity contribution >= 4 is 5.97 Å². The van der Waals surface area contributed by atoms with Crippen molar-refractivity contribution in [1.29, 1.82) is 0 Å². The number of hydrogen-bond donors (Lipinski definition) is 1. The number of methoxy groups -OCH3 is 1. The van der Waals surface area contributed by atoms with Crippen LogP contribution in [0.1, 0.15) is 27.2 Å². The molecule has 1 fully saturated rings. The first-order valence-electron chi connectivity index (χ1n) is 5.46. The lowest BCUT2D eigenvalue weighted by Gasteiger charge is -2.44. The summed E-state index contributed by atoms with van der Waals surface area (Å²) < 4.78 is 4.75. The summed E-state index contributed by atoms with van der Waals surface area (Å²) in [6.45, 7) is 7.91. The lowest BCUT2D eigenvalue weighted by molar-refractivity contribution is -0.147. The molecule has 0 aromatic heterocycles. The van der Waals surface area contributed by atoms with Gasteiger partial charge in [0.25, 0.3) is 0 Å². The van der Waals surface area contributed by atoms with Crippen LogP contribution in [-0.4, -0.2) is 43.2 Å². The molecule has 15 heavy (non-hydrogen) atoms. The maximum atomic E-state index is 11.4. The normalized spacial score (nSPS) is 28.5. The van der Waals surface area contributed by atoms with Crippen molar-refractivity contribution in [3.63, 3.8) is 0 Å². The van der Waals surface area contributed by atoms with Gasteiger partial charge in [0.2, 0.25) is 0 Å². The second kappa shape index (κ2) is 4.49. The Morgan fingerprint density at radius 3 is 2.67 bits per heavy atom. The minimum absolute atomic E-state index is 0.0700. The van der Waals surface area contributed by atoms with Crippen LogP contribution in [0.25, 0.3) is 0 Å². The molecule has 0 saturated carbocycles. The van der Waals surface area contributed by atoms with E-state index < -0.39 is 0 Å². The van der Waals surface area contributed by atoms with E-state index in [0.717, 1.165) is 19.5 Å². The number of hydrogen-bond acceptors (Lipinski definition) is 4. The van der Waals surface area contributed by atoms with E-state index >= 15 is 0 Å². The standard InChI is InChI=1S/C11H22N2O2/c1-8(10(14)15-4)13-6-5-9(12)11(2,3)7-13/h8-9H,5-7,12H2,1-4H3. The molecule has 0 aromatic carbocycles. The quantitative estimate of drug-likeness (QED) is 0.684. The van der Waals surface area contributed by atoms with E-state index in [1.54, 1.807) is 0 Å². The Morgan fingerprint density at radius 2 is 2.20 bits per heavy atom. The number of carbonyl (C=O) groups excluding carboxylic acids is 1. The van der Waals surface area contributed by atoms with Crippen molar-refractivity contribution < 1.29 is 9.53 Å². The smallest absolute Gasteiger partial charge is 0.322 e. The average molecular weight is 214 g/mol. The number of esters is 1. The molecule has 0 radical (unpaired) electrons. The lowest BCUT2D eigenvalue weighted by Crippen LogP contribution is -2.56. The Bertz CT molecular complexity index is 241. The number of nitrogens with zero attached hydrogens (tertiary/aromatic N) is 1. The molecule has 0 aromatic rings. The zero-order chi connectivity index (χ0) is 11.6. The van der Waals surface area contributed by atoms with E-state index in [9.17, 15) is 4.79 Å². The maximum Gasteiger partial charge on any atom is 0.322 e. The van der Waals surface area contributed by atoms with Gasteiger partial charge in [-0.05, 0) is 18.8 Å². The van der Waals surface area contributed by atoms with Gasteiger partial charge in [-0.2, -0.15) is 0 Å². The zero-order valence-corrected chi connectivity index (χ0v) is 10.1.